The van der Waals surface area contributed by atoms with Crippen molar-refractivity contribution in [2.24, 2.45) is 0 Å². The lowest BCUT2D eigenvalue weighted by molar-refractivity contribution is 0.100. The van der Waals surface area contributed by atoms with Crippen LogP contribution in [0.3, 0.4) is 0 Å². The van der Waals surface area contributed by atoms with Gasteiger partial charge in [0.05, 0.1) is 0 Å². The van der Waals surface area contributed by atoms with E-state index in [9.17, 15) is 9.59 Å². The van der Waals surface area contributed by atoms with Crippen molar-refractivity contribution >= 4 is 33.5 Å². The summed E-state index contributed by atoms with van der Waals surface area (Å²) in [5.74, 6) is 0.0126. The average molecular weight is 252 g/mol. The normalized spacial score (nSPS) is 11.1. The van der Waals surface area contributed by atoms with Gasteiger partial charge in [-0.25, -0.2) is 0 Å². The monoisotopic (exact) mass is 252 g/mol. The van der Waals surface area contributed by atoms with Crippen LogP contribution in [0.25, 0.3) is 21.9 Å². The van der Waals surface area contributed by atoms with Crippen LogP contribution in [0.1, 0.15) is 34.6 Å². The third-order valence-corrected chi connectivity index (χ3v) is 3.29. The zero-order chi connectivity index (χ0) is 13.6. The topological polar surface area (TPSA) is 47.3 Å². The molecule has 3 nitrogen and oxygen atoms in total. The third kappa shape index (κ3) is 1.83. The van der Waals surface area contributed by atoms with E-state index >= 15 is 0 Å². The molecule has 0 saturated carbocycles. The van der Waals surface area contributed by atoms with Crippen molar-refractivity contribution in [3.05, 3.63) is 47.5 Å². The van der Waals surface area contributed by atoms with Crippen LogP contribution in [0.2, 0.25) is 0 Å². The van der Waals surface area contributed by atoms with Gasteiger partial charge in [-0.05, 0) is 38.1 Å². The summed E-state index contributed by atoms with van der Waals surface area (Å²) in [5, 5.41) is 1.91. The van der Waals surface area contributed by atoms with Crippen molar-refractivity contribution in [1.82, 2.24) is 0 Å². The van der Waals surface area contributed by atoms with Crippen LogP contribution in [0.4, 0.5) is 0 Å². The largest absolute Gasteiger partial charge is 0.456 e. The van der Waals surface area contributed by atoms with Crippen LogP contribution in [0.15, 0.2) is 40.8 Å². The number of Topliss-reactive ketones (excluding diaryl/α,β-unsaturated/α-hetero) is 2. The van der Waals surface area contributed by atoms with Crippen LogP contribution < -0.4 is 0 Å². The van der Waals surface area contributed by atoms with E-state index in [1.54, 1.807) is 24.3 Å². The Morgan fingerprint density at radius 3 is 1.58 bits per heavy atom. The van der Waals surface area contributed by atoms with E-state index in [1.807, 2.05) is 12.1 Å². The molecule has 0 unspecified atom stereocenters. The number of hydrogen-bond donors (Lipinski definition) is 0. The number of furan rings is 1. The number of carbonyl (C=O) groups is 2. The van der Waals surface area contributed by atoms with Crippen LogP contribution in [-0.2, 0) is 0 Å². The second-order valence-electron chi connectivity index (χ2n) is 4.64. The van der Waals surface area contributed by atoms with E-state index in [1.165, 1.54) is 13.8 Å². The summed E-state index contributed by atoms with van der Waals surface area (Å²) in [5.41, 5.74) is 2.59. The maximum Gasteiger partial charge on any atom is 0.159 e. The number of rotatable bonds is 2. The van der Waals surface area contributed by atoms with Gasteiger partial charge in [-0.15, -0.1) is 0 Å². The maximum atomic E-state index is 11.4. The number of carbonyl (C=O) groups excluding carboxylic acids is 2. The second kappa shape index (κ2) is 4.05. The zero-order valence-corrected chi connectivity index (χ0v) is 10.7. The predicted octanol–water partition coefficient (Wildman–Crippen LogP) is 3.99. The highest BCUT2D eigenvalue weighted by atomic mass is 16.3. The van der Waals surface area contributed by atoms with Crippen molar-refractivity contribution in [3.8, 4) is 0 Å². The Labute approximate surface area is 109 Å². The first-order valence-corrected chi connectivity index (χ1v) is 6.04. The Morgan fingerprint density at radius 2 is 1.21 bits per heavy atom. The summed E-state index contributed by atoms with van der Waals surface area (Å²) in [6.45, 7) is 3.05. The van der Waals surface area contributed by atoms with Crippen LogP contribution in [0, 0.1) is 0 Å². The Balaban J connectivity index is 2.31. The summed E-state index contributed by atoms with van der Waals surface area (Å²) in [6, 6.07) is 10.8. The number of ketones is 2. The van der Waals surface area contributed by atoms with Gasteiger partial charge >= 0.3 is 0 Å². The van der Waals surface area contributed by atoms with Gasteiger partial charge in [0.2, 0.25) is 0 Å². The van der Waals surface area contributed by atoms with Crippen molar-refractivity contribution < 1.29 is 14.0 Å². The van der Waals surface area contributed by atoms with Gasteiger partial charge in [0.1, 0.15) is 11.2 Å². The molecular weight excluding hydrogens is 240 g/mol. The molecule has 0 amide bonds. The Kier molecular flexibility index (Phi) is 2.49. The van der Waals surface area contributed by atoms with Gasteiger partial charge in [-0.2, -0.15) is 0 Å². The fourth-order valence-corrected chi connectivity index (χ4v) is 2.22. The molecule has 0 aliphatic carbocycles. The molecule has 94 valence electrons. The van der Waals surface area contributed by atoms with Gasteiger partial charge in [-0.3, -0.25) is 9.59 Å². The van der Waals surface area contributed by atoms with Crippen LogP contribution in [-0.4, -0.2) is 11.6 Å². The SMILES string of the molecule is CC(=O)c1ccc2c(c1)oc1cc(C(C)=O)ccc12. The van der Waals surface area contributed by atoms with Crippen molar-refractivity contribution in [3.63, 3.8) is 0 Å². The Bertz CT molecular complexity index is 756. The van der Waals surface area contributed by atoms with Gasteiger partial charge in [-0.1, -0.05) is 12.1 Å². The van der Waals surface area contributed by atoms with E-state index < -0.39 is 0 Å². The van der Waals surface area contributed by atoms with Gasteiger partial charge < -0.3 is 4.42 Å². The molecule has 1 aromatic heterocycles. The molecule has 0 radical (unpaired) electrons. The van der Waals surface area contributed by atoms with E-state index in [2.05, 4.69) is 0 Å². The molecule has 0 N–H and O–H groups in total. The molecule has 0 spiro atoms. The fraction of sp³-hybridized carbons (Fsp3) is 0.125. The van der Waals surface area contributed by atoms with Gasteiger partial charge in [0, 0.05) is 21.9 Å². The minimum absolute atomic E-state index is 0.00628. The molecular formula is C16H12O3. The highest BCUT2D eigenvalue weighted by Gasteiger charge is 2.10. The summed E-state index contributed by atoms with van der Waals surface area (Å²) >= 11 is 0. The first kappa shape index (κ1) is 11.7. The van der Waals surface area contributed by atoms with Crippen LogP contribution >= 0.6 is 0 Å². The highest BCUT2D eigenvalue weighted by Crippen LogP contribution is 2.30. The number of benzene rings is 2. The predicted molar refractivity (Wildman–Crippen MR) is 73.7 cm³/mol. The molecule has 0 bridgehead atoms. The van der Waals surface area contributed by atoms with E-state index in [0.717, 1.165) is 10.8 Å². The minimum atomic E-state index is 0.00628. The quantitative estimate of drug-likeness (QED) is 0.648. The number of hydrogen-bond acceptors (Lipinski definition) is 3. The van der Waals surface area contributed by atoms with Crippen LogP contribution in [0.5, 0.6) is 0 Å². The first-order valence-electron chi connectivity index (χ1n) is 6.04. The molecule has 0 atom stereocenters. The van der Waals surface area contributed by atoms with E-state index in [0.29, 0.717) is 22.3 Å². The summed E-state index contributed by atoms with van der Waals surface area (Å²) in [4.78, 5) is 22.7. The third-order valence-electron chi connectivity index (χ3n) is 3.29. The number of fused-ring (bicyclic) bond motifs is 3. The molecule has 3 rings (SSSR count). The van der Waals surface area contributed by atoms with E-state index in [-0.39, 0.29) is 11.6 Å². The van der Waals surface area contributed by atoms with Gasteiger partial charge in [0.25, 0.3) is 0 Å². The minimum Gasteiger partial charge on any atom is -0.456 e. The molecule has 3 heteroatoms. The smallest absolute Gasteiger partial charge is 0.159 e. The average Bonchev–Trinajstić information content (AvgIpc) is 2.74. The van der Waals surface area contributed by atoms with Crippen molar-refractivity contribution in [1.29, 1.82) is 0 Å². The molecule has 3 aromatic rings. The molecule has 1 heterocycles. The fourth-order valence-electron chi connectivity index (χ4n) is 2.22. The first-order chi connectivity index (χ1) is 9.06. The lowest BCUT2D eigenvalue weighted by atomic mass is 10.1. The molecule has 19 heavy (non-hydrogen) atoms. The standard InChI is InChI=1S/C16H12O3/c1-9(17)11-3-5-13-14-6-4-12(10(2)18)8-16(14)19-15(13)7-11/h3-8H,1-2H3. The maximum absolute atomic E-state index is 11.4. The zero-order valence-electron chi connectivity index (χ0n) is 10.7. The van der Waals surface area contributed by atoms with Crippen molar-refractivity contribution in [2.75, 3.05) is 0 Å². The Morgan fingerprint density at radius 1 is 0.789 bits per heavy atom. The summed E-state index contributed by atoms with van der Waals surface area (Å²) < 4.78 is 5.73. The second-order valence-corrected chi connectivity index (χ2v) is 4.64. The summed E-state index contributed by atoms with van der Waals surface area (Å²) in [7, 11) is 0. The molecule has 0 aliphatic rings. The van der Waals surface area contributed by atoms with Crippen molar-refractivity contribution in [2.45, 2.75) is 13.8 Å². The molecule has 2 aromatic carbocycles. The lowest BCUT2D eigenvalue weighted by Gasteiger charge is -1.95. The van der Waals surface area contributed by atoms with E-state index in [4.69, 9.17) is 4.42 Å². The highest BCUT2D eigenvalue weighted by molar-refractivity contribution is 6.09. The Hall–Kier alpha value is -2.42. The van der Waals surface area contributed by atoms with Gasteiger partial charge in [0.15, 0.2) is 11.6 Å². The molecule has 0 aliphatic heterocycles. The molecule has 0 fully saturated rings. The summed E-state index contributed by atoms with van der Waals surface area (Å²) in [6.07, 6.45) is 0. The lowest BCUT2D eigenvalue weighted by Crippen LogP contribution is -1.90. The molecule has 0 saturated heterocycles.